The summed E-state index contributed by atoms with van der Waals surface area (Å²) < 4.78 is 63.8. The van der Waals surface area contributed by atoms with E-state index in [0.29, 0.717) is 5.69 Å². The van der Waals surface area contributed by atoms with Gasteiger partial charge < -0.3 is 8.58 Å². The molecular formula is C9H7F3N2O3S. The third-order valence-corrected chi connectivity index (χ3v) is 3.02. The summed E-state index contributed by atoms with van der Waals surface area (Å²) in [5.41, 5.74) is -4.94. The highest BCUT2D eigenvalue weighted by molar-refractivity contribution is 7.88. The summed E-state index contributed by atoms with van der Waals surface area (Å²) in [5.74, 6) is -0.470. The highest BCUT2D eigenvalue weighted by atomic mass is 32.2. The van der Waals surface area contributed by atoms with Gasteiger partial charge in [0.05, 0.1) is 5.69 Å². The van der Waals surface area contributed by atoms with E-state index in [0.717, 1.165) is 6.07 Å². The van der Waals surface area contributed by atoms with Crippen LogP contribution in [0.5, 0.6) is 5.75 Å². The molecule has 0 N–H and O–H groups in total. The van der Waals surface area contributed by atoms with E-state index in [2.05, 4.69) is 9.17 Å². The summed E-state index contributed by atoms with van der Waals surface area (Å²) in [6.45, 7) is 1.62. The Morgan fingerprint density at radius 2 is 2.06 bits per heavy atom. The van der Waals surface area contributed by atoms with E-state index in [1.54, 1.807) is 6.92 Å². The van der Waals surface area contributed by atoms with E-state index in [4.69, 9.17) is 0 Å². The number of hydrogen-bond acceptors (Lipinski definition) is 4. The molecule has 0 aliphatic heterocycles. The third kappa shape index (κ3) is 2.13. The topological polar surface area (TPSA) is 60.7 Å². The van der Waals surface area contributed by atoms with Crippen LogP contribution in [0.15, 0.2) is 24.5 Å². The van der Waals surface area contributed by atoms with Gasteiger partial charge in [-0.3, -0.25) is 0 Å². The summed E-state index contributed by atoms with van der Waals surface area (Å²) in [6, 6.07) is 2.46. The minimum Gasteiger partial charge on any atom is -0.372 e. The monoisotopic (exact) mass is 280 g/mol. The number of halogens is 3. The fourth-order valence-electron chi connectivity index (χ4n) is 1.34. The van der Waals surface area contributed by atoms with Gasteiger partial charge in [0.1, 0.15) is 0 Å². The van der Waals surface area contributed by atoms with Crippen LogP contribution in [0.3, 0.4) is 0 Å². The lowest BCUT2D eigenvalue weighted by Gasteiger charge is -2.09. The van der Waals surface area contributed by atoms with E-state index in [9.17, 15) is 21.6 Å². The van der Waals surface area contributed by atoms with Crippen molar-refractivity contribution in [2.45, 2.75) is 12.4 Å². The van der Waals surface area contributed by atoms with Gasteiger partial charge in [0, 0.05) is 12.4 Å². The Balaban J connectivity index is 2.51. The summed E-state index contributed by atoms with van der Waals surface area (Å²) in [6.07, 6.45) is 3.05. The molecule has 0 aliphatic carbocycles. The second kappa shape index (κ2) is 3.87. The van der Waals surface area contributed by atoms with Crippen molar-refractivity contribution in [3.05, 3.63) is 30.2 Å². The number of fused-ring (bicyclic) bond motifs is 1. The van der Waals surface area contributed by atoms with Gasteiger partial charge >= 0.3 is 15.6 Å². The van der Waals surface area contributed by atoms with Crippen LogP contribution < -0.4 is 4.18 Å². The Labute approximate surface area is 99.9 Å². The van der Waals surface area contributed by atoms with E-state index in [1.807, 2.05) is 0 Å². The zero-order valence-electron chi connectivity index (χ0n) is 8.97. The number of pyridine rings is 1. The van der Waals surface area contributed by atoms with Crippen LogP contribution in [-0.4, -0.2) is 23.3 Å². The van der Waals surface area contributed by atoms with Crippen molar-refractivity contribution < 1.29 is 25.8 Å². The van der Waals surface area contributed by atoms with Gasteiger partial charge in [-0.2, -0.15) is 21.6 Å². The molecule has 9 heteroatoms. The van der Waals surface area contributed by atoms with Crippen molar-refractivity contribution in [1.29, 1.82) is 0 Å². The largest absolute Gasteiger partial charge is 0.534 e. The lowest BCUT2D eigenvalue weighted by atomic mass is 10.4. The summed E-state index contributed by atoms with van der Waals surface area (Å²) in [7, 11) is -5.69. The highest BCUT2D eigenvalue weighted by Crippen LogP contribution is 2.28. The van der Waals surface area contributed by atoms with E-state index < -0.39 is 21.4 Å². The number of nitrogens with zero attached hydrogens (tertiary/aromatic N) is 2. The van der Waals surface area contributed by atoms with E-state index >= 15 is 0 Å². The summed E-state index contributed by atoms with van der Waals surface area (Å²) >= 11 is 0. The second-order valence-corrected chi connectivity index (χ2v) is 5.01. The molecule has 2 heterocycles. The Morgan fingerprint density at radius 3 is 2.67 bits per heavy atom. The first-order valence-electron chi connectivity index (χ1n) is 4.66. The van der Waals surface area contributed by atoms with Crippen molar-refractivity contribution >= 4 is 15.8 Å². The number of imidazole rings is 1. The van der Waals surface area contributed by atoms with Gasteiger partial charge in [0.15, 0.2) is 11.4 Å². The molecule has 5 nitrogen and oxygen atoms in total. The van der Waals surface area contributed by atoms with Crippen LogP contribution in [0, 0.1) is 6.92 Å². The number of alkyl halides is 3. The van der Waals surface area contributed by atoms with Crippen LogP contribution in [-0.2, 0) is 10.1 Å². The maximum absolute atomic E-state index is 12.2. The van der Waals surface area contributed by atoms with Gasteiger partial charge in [-0.05, 0) is 19.1 Å². The van der Waals surface area contributed by atoms with Gasteiger partial charge in [0.25, 0.3) is 0 Å². The fraction of sp³-hybridized carbons (Fsp3) is 0.222. The van der Waals surface area contributed by atoms with Crippen molar-refractivity contribution in [2.75, 3.05) is 0 Å². The first-order valence-corrected chi connectivity index (χ1v) is 6.06. The van der Waals surface area contributed by atoms with E-state index in [1.165, 1.54) is 22.9 Å². The maximum atomic E-state index is 12.2. The molecule has 0 bridgehead atoms. The zero-order chi connectivity index (χ0) is 13.6. The predicted octanol–water partition coefficient (Wildman–Crippen LogP) is 1.87. The molecule has 0 fully saturated rings. The van der Waals surface area contributed by atoms with Crippen molar-refractivity contribution in [1.82, 2.24) is 9.38 Å². The molecule has 0 amide bonds. The third-order valence-electron chi connectivity index (χ3n) is 2.05. The van der Waals surface area contributed by atoms with Gasteiger partial charge in [0.2, 0.25) is 0 Å². The molecule has 0 aromatic carbocycles. The zero-order valence-corrected chi connectivity index (χ0v) is 9.79. The van der Waals surface area contributed by atoms with Crippen LogP contribution >= 0.6 is 0 Å². The molecule has 18 heavy (non-hydrogen) atoms. The smallest absolute Gasteiger partial charge is 0.372 e. The van der Waals surface area contributed by atoms with Gasteiger partial charge in [-0.15, -0.1) is 0 Å². The molecule has 0 spiro atoms. The van der Waals surface area contributed by atoms with Crippen molar-refractivity contribution in [3.8, 4) is 5.75 Å². The van der Waals surface area contributed by atoms with E-state index in [-0.39, 0.29) is 5.65 Å². The molecule has 0 unspecified atom stereocenters. The minimum absolute atomic E-state index is 0.00262. The van der Waals surface area contributed by atoms with Crippen LogP contribution in [0.2, 0.25) is 0 Å². The number of aryl methyl sites for hydroxylation is 1. The molecular weight excluding hydrogens is 273 g/mol. The Hall–Kier alpha value is -1.77. The Morgan fingerprint density at radius 1 is 1.39 bits per heavy atom. The second-order valence-electron chi connectivity index (χ2n) is 3.47. The average molecular weight is 280 g/mol. The number of aromatic nitrogens is 2. The molecule has 0 radical (unpaired) electrons. The van der Waals surface area contributed by atoms with Crippen LogP contribution in [0.1, 0.15) is 5.69 Å². The molecule has 2 rings (SSSR count). The minimum atomic E-state index is -5.69. The Bertz CT molecular complexity index is 691. The lowest BCUT2D eigenvalue weighted by molar-refractivity contribution is -0.0499. The maximum Gasteiger partial charge on any atom is 0.534 e. The predicted molar refractivity (Wildman–Crippen MR) is 55.5 cm³/mol. The molecule has 0 saturated heterocycles. The first kappa shape index (κ1) is 12.7. The normalized spacial score (nSPS) is 12.9. The molecule has 2 aromatic rings. The van der Waals surface area contributed by atoms with Crippen LogP contribution in [0.4, 0.5) is 13.2 Å². The Kier molecular flexibility index (Phi) is 2.73. The van der Waals surface area contributed by atoms with Crippen molar-refractivity contribution in [3.63, 3.8) is 0 Å². The number of hydrogen-bond donors (Lipinski definition) is 0. The molecule has 0 atom stereocenters. The van der Waals surface area contributed by atoms with Crippen LogP contribution in [0.25, 0.3) is 5.65 Å². The van der Waals surface area contributed by atoms with Gasteiger partial charge in [-0.25, -0.2) is 4.98 Å². The lowest BCUT2D eigenvalue weighted by Crippen LogP contribution is -2.28. The molecule has 98 valence electrons. The molecule has 0 saturated carbocycles. The first-order chi connectivity index (χ1) is 8.21. The summed E-state index contributed by atoms with van der Waals surface area (Å²) in [4.78, 5) is 3.89. The fourth-order valence-corrected chi connectivity index (χ4v) is 1.80. The molecule has 2 aromatic heterocycles. The SMILES string of the molecule is Cc1cn2cccc(OS(=O)(=O)C(F)(F)F)c2n1. The van der Waals surface area contributed by atoms with Gasteiger partial charge in [-0.1, -0.05) is 0 Å². The average Bonchev–Trinajstić information content (AvgIpc) is 2.57. The number of rotatable bonds is 2. The summed E-state index contributed by atoms with van der Waals surface area (Å²) in [5, 5.41) is 0. The molecule has 0 aliphatic rings. The van der Waals surface area contributed by atoms with Crippen molar-refractivity contribution in [2.24, 2.45) is 0 Å². The standard InChI is InChI=1S/C9H7F3N2O3S/c1-6-5-14-4-2-3-7(8(14)13-6)17-18(15,16)9(10,11)12/h2-5H,1H3. The quantitative estimate of drug-likeness (QED) is 0.622. The highest BCUT2D eigenvalue weighted by Gasteiger charge is 2.48.